The molecule has 0 atom stereocenters. The van der Waals surface area contributed by atoms with E-state index in [0.717, 1.165) is 31.8 Å². The van der Waals surface area contributed by atoms with Gasteiger partial charge in [0.1, 0.15) is 0 Å². The minimum absolute atomic E-state index is 0.147. The van der Waals surface area contributed by atoms with Crippen LogP contribution in [0.3, 0.4) is 0 Å². The van der Waals surface area contributed by atoms with Crippen LogP contribution in [0.4, 0.5) is 14.5 Å². The average molecular weight is 389 g/mol. The first-order chi connectivity index (χ1) is 13.5. The second kappa shape index (κ2) is 9.38. The minimum atomic E-state index is -1.04. The Morgan fingerprint density at radius 1 is 0.929 bits per heavy atom. The number of anilines is 1. The van der Waals surface area contributed by atoms with Crippen molar-refractivity contribution in [2.45, 2.75) is 0 Å². The number of hydrogen-bond acceptors (Lipinski definition) is 4. The molecule has 2 aromatic carbocycles. The number of rotatable bonds is 6. The van der Waals surface area contributed by atoms with Crippen molar-refractivity contribution in [3.63, 3.8) is 0 Å². The molecule has 6 nitrogen and oxygen atoms in total. The van der Waals surface area contributed by atoms with Gasteiger partial charge in [0.15, 0.2) is 11.6 Å². The molecule has 1 heterocycles. The minimum Gasteiger partial charge on any atom is -0.379 e. The summed E-state index contributed by atoms with van der Waals surface area (Å²) in [4.78, 5) is 26.6. The van der Waals surface area contributed by atoms with E-state index in [1.807, 2.05) is 0 Å². The number of nitrogens with zero attached hydrogens (tertiary/aromatic N) is 1. The highest BCUT2D eigenvalue weighted by Gasteiger charge is 2.12. The summed E-state index contributed by atoms with van der Waals surface area (Å²) in [7, 11) is 0. The van der Waals surface area contributed by atoms with Gasteiger partial charge in [-0.3, -0.25) is 14.5 Å². The molecule has 2 N–H and O–H groups in total. The van der Waals surface area contributed by atoms with Gasteiger partial charge in [0, 0.05) is 49.1 Å². The quantitative estimate of drug-likeness (QED) is 0.795. The predicted octanol–water partition coefficient (Wildman–Crippen LogP) is 2.28. The Morgan fingerprint density at radius 2 is 1.57 bits per heavy atom. The van der Waals surface area contributed by atoms with Crippen LogP contribution in [0, 0.1) is 11.6 Å². The molecule has 0 unspecified atom stereocenters. The fourth-order valence-electron chi connectivity index (χ4n) is 2.80. The Balaban J connectivity index is 1.51. The number of carbonyl (C=O) groups is 2. The molecule has 2 amide bonds. The first-order valence-electron chi connectivity index (χ1n) is 8.98. The Hall–Kier alpha value is -2.84. The van der Waals surface area contributed by atoms with Crippen molar-refractivity contribution in [2.24, 2.45) is 0 Å². The van der Waals surface area contributed by atoms with E-state index in [0.29, 0.717) is 30.9 Å². The van der Waals surface area contributed by atoms with Gasteiger partial charge in [0.25, 0.3) is 11.8 Å². The van der Waals surface area contributed by atoms with E-state index >= 15 is 0 Å². The number of ether oxygens (including phenoxy) is 1. The van der Waals surface area contributed by atoms with E-state index in [-0.39, 0.29) is 11.6 Å². The van der Waals surface area contributed by atoms with Crippen LogP contribution in [-0.4, -0.2) is 56.1 Å². The van der Waals surface area contributed by atoms with Crippen LogP contribution in [0.25, 0.3) is 0 Å². The fraction of sp³-hybridized carbons (Fsp3) is 0.300. The van der Waals surface area contributed by atoms with Crippen LogP contribution in [-0.2, 0) is 4.74 Å². The largest absolute Gasteiger partial charge is 0.379 e. The highest BCUT2D eigenvalue weighted by atomic mass is 19.2. The maximum atomic E-state index is 13.2. The summed E-state index contributed by atoms with van der Waals surface area (Å²) in [5.41, 5.74) is 0.884. The first-order valence-corrected chi connectivity index (χ1v) is 8.98. The van der Waals surface area contributed by atoms with Gasteiger partial charge in [0.05, 0.1) is 13.2 Å². The molecule has 2 aromatic rings. The topological polar surface area (TPSA) is 70.7 Å². The van der Waals surface area contributed by atoms with Gasteiger partial charge in [-0.1, -0.05) is 0 Å². The van der Waals surface area contributed by atoms with Crippen molar-refractivity contribution in [1.82, 2.24) is 10.2 Å². The van der Waals surface area contributed by atoms with Crippen molar-refractivity contribution in [3.05, 3.63) is 65.2 Å². The van der Waals surface area contributed by atoms with E-state index in [1.54, 1.807) is 12.1 Å². The number of benzene rings is 2. The number of morpholine rings is 1. The van der Waals surface area contributed by atoms with E-state index in [2.05, 4.69) is 15.5 Å². The van der Waals surface area contributed by atoms with Crippen molar-refractivity contribution in [2.75, 3.05) is 44.7 Å². The smallest absolute Gasteiger partial charge is 0.255 e. The van der Waals surface area contributed by atoms with Gasteiger partial charge in [-0.05, 0) is 36.4 Å². The Labute approximate surface area is 161 Å². The lowest BCUT2D eigenvalue weighted by Crippen LogP contribution is -2.41. The lowest BCUT2D eigenvalue weighted by Gasteiger charge is -2.26. The number of carbonyl (C=O) groups excluding carboxylic acids is 2. The summed E-state index contributed by atoms with van der Waals surface area (Å²) in [6, 6.07) is 9.22. The molecule has 0 bridgehead atoms. The zero-order valence-electron chi connectivity index (χ0n) is 15.2. The molecule has 8 heteroatoms. The normalized spacial score (nSPS) is 14.5. The van der Waals surface area contributed by atoms with Gasteiger partial charge >= 0.3 is 0 Å². The van der Waals surface area contributed by atoms with E-state index in [4.69, 9.17) is 4.74 Å². The molecular weight excluding hydrogens is 368 g/mol. The molecular formula is C20H21F2N3O3. The van der Waals surface area contributed by atoms with Gasteiger partial charge < -0.3 is 15.4 Å². The standard InChI is InChI=1S/C20H21F2N3O3/c21-17-6-5-16(13-18(17)22)24-20(27)15-3-1-14(2-4-15)19(26)23-7-8-25-9-11-28-12-10-25/h1-6,13H,7-12H2,(H,23,26)(H,24,27). The molecule has 1 aliphatic heterocycles. The molecule has 0 aromatic heterocycles. The monoisotopic (exact) mass is 389 g/mol. The molecule has 0 aliphatic carbocycles. The summed E-state index contributed by atoms with van der Waals surface area (Å²) in [5.74, 6) is -2.73. The Bertz CT molecular complexity index is 837. The highest BCUT2D eigenvalue weighted by Crippen LogP contribution is 2.14. The zero-order chi connectivity index (χ0) is 19.9. The summed E-state index contributed by atoms with van der Waals surface area (Å²) < 4.78 is 31.4. The van der Waals surface area contributed by atoms with Gasteiger partial charge in [-0.25, -0.2) is 8.78 Å². The van der Waals surface area contributed by atoms with E-state index in [1.165, 1.54) is 18.2 Å². The van der Waals surface area contributed by atoms with Crippen LogP contribution in [0.2, 0.25) is 0 Å². The van der Waals surface area contributed by atoms with Gasteiger partial charge in [-0.2, -0.15) is 0 Å². The Morgan fingerprint density at radius 3 is 2.21 bits per heavy atom. The number of halogens is 2. The molecule has 1 aliphatic rings. The van der Waals surface area contributed by atoms with E-state index < -0.39 is 17.5 Å². The van der Waals surface area contributed by atoms with Gasteiger partial charge in [-0.15, -0.1) is 0 Å². The number of amides is 2. The fourth-order valence-corrected chi connectivity index (χ4v) is 2.80. The molecule has 0 spiro atoms. The summed E-state index contributed by atoms with van der Waals surface area (Å²) in [5, 5.41) is 5.33. The lowest BCUT2D eigenvalue weighted by molar-refractivity contribution is 0.0383. The van der Waals surface area contributed by atoms with Crippen LogP contribution in [0.1, 0.15) is 20.7 Å². The number of hydrogen-bond donors (Lipinski definition) is 2. The molecule has 3 rings (SSSR count). The summed E-state index contributed by atoms with van der Waals surface area (Å²) >= 11 is 0. The van der Waals surface area contributed by atoms with Crippen molar-refractivity contribution >= 4 is 17.5 Å². The van der Waals surface area contributed by atoms with Crippen LogP contribution in [0.5, 0.6) is 0 Å². The van der Waals surface area contributed by atoms with Gasteiger partial charge in [0.2, 0.25) is 0 Å². The summed E-state index contributed by atoms with van der Waals surface area (Å²) in [6.45, 7) is 4.42. The zero-order valence-corrected chi connectivity index (χ0v) is 15.2. The molecule has 148 valence electrons. The average Bonchev–Trinajstić information content (AvgIpc) is 2.71. The predicted molar refractivity (Wildman–Crippen MR) is 100 cm³/mol. The maximum absolute atomic E-state index is 13.2. The molecule has 1 fully saturated rings. The second-order valence-electron chi connectivity index (χ2n) is 6.37. The van der Waals surface area contributed by atoms with Crippen LogP contribution >= 0.6 is 0 Å². The van der Waals surface area contributed by atoms with Crippen molar-refractivity contribution in [1.29, 1.82) is 0 Å². The third-order valence-electron chi connectivity index (χ3n) is 4.40. The van der Waals surface area contributed by atoms with E-state index in [9.17, 15) is 18.4 Å². The molecule has 1 saturated heterocycles. The SMILES string of the molecule is O=C(NCCN1CCOCC1)c1ccc(C(=O)Nc2ccc(F)c(F)c2)cc1. The number of nitrogens with one attached hydrogen (secondary N) is 2. The van der Waals surface area contributed by atoms with Crippen molar-refractivity contribution < 1.29 is 23.1 Å². The van der Waals surface area contributed by atoms with Crippen LogP contribution in [0.15, 0.2) is 42.5 Å². The highest BCUT2D eigenvalue weighted by molar-refractivity contribution is 6.05. The third-order valence-corrected chi connectivity index (χ3v) is 4.40. The summed E-state index contributed by atoms with van der Waals surface area (Å²) in [6.07, 6.45) is 0. The Kier molecular flexibility index (Phi) is 6.67. The molecule has 0 radical (unpaired) electrons. The first kappa shape index (κ1) is 19.9. The third kappa shape index (κ3) is 5.34. The van der Waals surface area contributed by atoms with Crippen molar-refractivity contribution in [3.8, 4) is 0 Å². The molecule has 28 heavy (non-hydrogen) atoms. The lowest BCUT2D eigenvalue weighted by atomic mass is 10.1. The molecule has 0 saturated carbocycles. The maximum Gasteiger partial charge on any atom is 0.255 e. The second-order valence-corrected chi connectivity index (χ2v) is 6.37. The van der Waals surface area contributed by atoms with Crippen LogP contribution < -0.4 is 10.6 Å².